The predicted molar refractivity (Wildman–Crippen MR) is 86.2 cm³/mol. The highest BCUT2D eigenvalue weighted by atomic mass is 16.5. The van der Waals surface area contributed by atoms with E-state index in [0.717, 1.165) is 5.56 Å². The van der Waals surface area contributed by atoms with Gasteiger partial charge in [-0.05, 0) is 24.6 Å². The van der Waals surface area contributed by atoms with E-state index in [9.17, 15) is 9.59 Å². The molecule has 0 spiro atoms. The number of pyridine rings is 1. The molecule has 0 radical (unpaired) electrons. The highest BCUT2D eigenvalue weighted by molar-refractivity contribution is 5.95. The van der Waals surface area contributed by atoms with E-state index < -0.39 is 11.5 Å². The van der Waals surface area contributed by atoms with E-state index >= 15 is 0 Å². The first kappa shape index (κ1) is 16.6. The van der Waals surface area contributed by atoms with Gasteiger partial charge in [0.15, 0.2) is 5.56 Å². The van der Waals surface area contributed by atoms with Gasteiger partial charge in [-0.15, -0.1) is 0 Å². The van der Waals surface area contributed by atoms with Crippen LogP contribution in [0.2, 0.25) is 0 Å². The van der Waals surface area contributed by atoms with Gasteiger partial charge in [0.25, 0.3) is 5.56 Å². The Bertz CT molecular complexity index is 762. The van der Waals surface area contributed by atoms with Gasteiger partial charge < -0.3 is 18.8 Å². The summed E-state index contributed by atoms with van der Waals surface area (Å²) in [6.07, 6.45) is 1.63. The predicted octanol–water partition coefficient (Wildman–Crippen LogP) is 2.25. The van der Waals surface area contributed by atoms with Crippen molar-refractivity contribution in [3.05, 3.63) is 46.4 Å². The zero-order valence-corrected chi connectivity index (χ0v) is 13.6. The number of esters is 1. The number of aryl methyl sites for hydroxylation is 1. The van der Waals surface area contributed by atoms with Gasteiger partial charge in [-0.2, -0.15) is 0 Å². The minimum atomic E-state index is -0.694. The summed E-state index contributed by atoms with van der Waals surface area (Å²) in [5, 5.41) is 0. The van der Waals surface area contributed by atoms with Crippen LogP contribution in [0.25, 0.3) is 11.1 Å². The Kier molecular flexibility index (Phi) is 5.05. The van der Waals surface area contributed by atoms with Gasteiger partial charge in [0.2, 0.25) is 0 Å². The van der Waals surface area contributed by atoms with E-state index in [1.165, 1.54) is 11.7 Å². The molecule has 0 aliphatic carbocycles. The van der Waals surface area contributed by atoms with Crippen LogP contribution in [0.5, 0.6) is 11.5 Å². The summed E-state index contributed by atoms with van der Waals surface area (Å²) < 4.78 is 16.8. The van der Waals surface area contributed by atoms with Gasteiger partial charge in [-0.1, -0.05) is 12.1 Å². The number of methoxy groups -OCH3 is 2. The van der Waals surface area contributed by atoms with Gasteiger partial charge in [0.1, 0.15) is 11.5 Å². The maximum atomic E-state index is 12.3. The zero-order chi connectivity index (χ0) is 17.0. The second-order valence-electron chi connectivity index (χ2n) is 4.82. The summed E-state index contributed by atoms with van der Waals surface area (Å²) in [5.41, 5.74) is 0.854. The molecule has 0 unspecified atom stereocenters. The molecule has 0 saturated heterocycles. The van der Waals surface area contributed by atoms with E-state index in [-0.39, 0.29) is 17.9 Å². The molecule has 23 heavy (non-hydrogen) atoms. The summed E-state index contributed by atoms with van der Waals surface area (Å²) in [6.45, 7) is 1.86. The number of hydrogen-bond donors (Lipinski definition) is 0. The maximum absolute atomic E-state index is 12.3. The summed E-state index contributed by atoms with van der Waals surface area (Å²) in [7, 11) is 4.59. The molecule has 1 aromatic heterocycles. The minimum Gasteiger partial charge on any atom is -0.497 e. The Morgan fingerprint density at radius 3 is 2.30 bits per heavy atom. The SMILES string of the molecule is CCOC(=O)c1c(OC)c(-c2ccc(OC)cc2)cn(C)c1=O. The number of carbonyl (C=O) groups excluding carboxylic acids is 1. The molecule has 0 fully saturated rings. The average Bonchev–Trinajstić information content (AvgIpc) is 2.57. The van der Waals surface area contributed by atoms with Crippen LogP contribution >= 0.6 is 0 Å². The second-order valence-corrected chi connectivity index (χ2v) is 4.82. The molecular formula is C17H19NO5. The van der Waals surface area contributed by atoms with E-state index in [2.05, 4.69) is 0 Å². The molecule has 1 heterocycles. The number of benzene rings is 1. The fraction of sp³-hybridized carbons (Fsp3) is 0.294. The first-order valence-corrected chi connectivity index (χ1v) is 7.12. The Balaban J connectivity index is 2.68. The van der Waals surface area contributed by atoms with Gasteiger partial charge in [-0.25, -0.2) is 4.79 Å². The summed E-state index contributed by atoms with van der Waals surface area (Å²) in [4.78, 5) is 24.5. The summed E-state index contributed by atoms with van der Waals surface area (Å²) in [5.74, 6) is 0.222. The molecule has 2 rings (SSSR count). The Morgan fingerprint density at radius 2 is 1.78 bits per heavy atom. The molecule has 0 bridgehead atoms. The molecule has 0 atom stereocenters. The molecule has 0 aliphatic heterocycles. The number of ether oxygens (including phenoxy) is 3. The summed E-state index contributed by atoms with van der Waals surface area (Å²) in [6, 6.07) is 7.25. The number of rotatable bonds is 5. The highest BCUT2D eigenvalue weighted by Gasteiger charge is 2.23. The van der Waals surface area contributed by atoms with Crippen LogP contribution in [0, 0.1) is 0 Å². The van der Waals surface area contributed by atoms with E-state index in [4.69, 9.17) is 14.2 Å². The fourth-order valence-corrected chi connectivity index (χ4v) is 2.29. The van der Waals surface area contributed by atoms with Crippen LogP contribution in [0.1, 0.15) is 17.3 Å². The van der Waals surface area contributed by atoms with Crippen LogP contribution in [-0.2, 0) is 11.8 Å². The van der Waals surface area contributed by atoms with Crippen molar-refractivity contribution in [2.75, 3.05) is 20.8 Å². The third-order valence-corrected chi connectivity index (χ3v) is 3.41. The van der Waals surface area contributed by atoms with E-state index in [1.54, 1.807) is 39.4 Å². The van der Waals surface area contributed by atoms with Gasteiger partial charge in [0, 0.05) is 18.8 Å². The van der Waals surface area contributed by atoms with E-state index in [0.29, 0.717) is 11.3 Å². The van der Waals surface area contributed by atoms with Crippen molar-refractivity contribution in [1.82, 2.24) is 4.57 Å². The van der Waals surface area contributed by atoms with Crippen LogP contribution in [0.3, 0.4) is 0 Å². The molecule has 1 aromatic carbocycles. The van der Waals surface area contributed by atoms with Crippen LogP contribution in [0.4, 0.5) is 0 Å². The Labute approximate surface area is 134 Å². The summed E-state index contributed by atoms with van der Waals surface area (Å²) >= 11 is 0. The first-order valence-electron chi connectivity index (χ1n) is 7.12. The van der Waals surface area contributed by atoms with Crippen molar-refractivity contribution in [2.45, 2.75) is 6.92 Å². The van der Waals surface area contributed by atoms with Crippen molar-refractivity contribution in [1.29, 1.82) is 0 Å². The van der Waals surface area contributed by atoms with Gasteiger partial charge in [0.05, 0.1) is 20.8 Å². The molecule has 6 nitrogen and oxygen atoms in total. The van der Waals surface area contributed by atoms with Crippen molar-refractivity contribution >= 4 is 5.97 Å². The fourth-order valence-electron chi connectivity index (χ4n) is 2.29. The third-order valence-electron chi connectivity index (χ3n) is 3.41. The van der Waals surface area contributed by atoms with Gasteiger partial charge in [-0.3, -0.25) is 4.79 Å². The molecule has 0 amide bonds. The average molecular weight is 317 g/mol. The number of carbonyl (C=O) groups is 1. The topological polar surface area (TPSA) is 66.8 Å². The number of hydrogen-bond acceptors (Lipinski definition) is 5. The van der Waals surface area contributed by atoms with Crippen molar-refractivity contribution in [2.24, 2.45) is 7.05 Å². The lowest BCUT2D eigenvalue weighted by atomic mass is 10.0. The lowest BCUT2D eigenvalue weighted by Crippen LogP contribution is -2.26. The highest BCUT2D eigenvalue weighted by Crippen LogP contribution is 2.32. The van der Waals surface area contributed by atoms with Crippen molar-refractivity contribution < 1.29 is 19.0 Å². The Morgan fingerprint density at radius 1 is 1.13 bits per heavy atom. The molecule has 122 valence electrons. The van der Waals surface area contributed by atoms with Crippen molar-refractivity contribution in [3.8, 4) is 22.6 Å². The maximum Gasteiger partial charge on any atom is 0.347 e. The first-order chi connectivity index (χ1) is 11.0. The molecule has 0 N–H and O–H groups in total. The van der Waals surface area contributed by atoms with Crippen LogP contribution in [0.15, 0.2) is 35.3 Å². The van der Waals surface area contributed by atoms with Crippen LogP contribution in [-0.4, -0.2) is 31.4 Å². The quantitative estimate of drug-likeness (QED) is 0.791. The lowest BCUT2D eigenvalue weighted by Gasteiger charge is -2.15. The monoisotopic (exact) mass is 317 g/mol. The van der Waals surface area contributed by atoms with Gasteiger partial charge >= 0.3 is 5.97 Å². The minimum absolute atomic E-state index is 0.106. The molecular weight excluding hydrogens is 298 g/mol. The van der Waals surface area contributed by atoms with Crippen molar-refractivity contribution in [3.63, 3.8) is 0 Å². The zero-order valence-electron chi connectivity index (χ0n) is 13.6. The molecule has 6 heteroatoms. The van der Waals surface area contributed by atoms with E-state index in [1.807, 2.05) is 12.1 Å². The standard InChI is InChI=1S/C17H19NO5/c1-5-23-17(20)14-15(22-4)13(10-18(2)16(14)19)11-6-8-12(21-3)9-7-11/h6-10H,5H2,1-4H3. The third kappa shape index (κ3) is 3.21. The lowest BCUT2D eigenvalue weighted by molar-refractivity contribution is 0.0520. The number of nitrogens with zero attached hydrogens (tertiary/aromatic N) is 1. The molecule has 2 aromatic rings. The number of aromatic nitrogens is 1. The molecule has 0 saturated carbocycles. The van der Waals surface area contributed by atoms with Crippen LogP contribution < -0.4 is 15.0 Å². The normalized spacial score (nSPS) is 10.3. The smallest absolute Gasteiger partial charge is 0.347 e. The molecule has 0 aliphatic rings. The Hall–Kier alpha value is -2.76. The largest absolute Gasteiger partial charge is 0.497 e. The second kappa shape index (κ2) is 7.00.